The van der Waals surface area contributed by atoms with E-state index >= 15 is 0 Å². The normalized spacial score (nSPS) is 25.5. The number of nitriles is 1. The molecule has 2 aromatic carbocycles. The molecule has 1 heteroatoms. The molecule has 84 valence electrons. The van der Waals surface area contributed by atoms with Crippen molar-refractivity contribution in [2.24, 2.45) is 5.41 Å². The van der Waals surface area contributed by atoms with Crippen molar-refractivity contribution in [2.45, 2.75) is 25.7 Å². The second-order valence-electron chi connectivity index (χ2n) is 5.64. The maximum atomic E-state index is 9.47. The Morgan fingerprint density at radius 3 is 2.29 bits per heavy atom. The molecule has 3 rings (SSSR count). The monoisotopic (exact) mass is 221 g/mol. The van der Waals surface area contributed by atoms with Gasteiger partial charge in [-0.05, 0) is 34.2 Å². The third kappa shape index (κ3) is 1.31. The van der Waals surface area contributed by atoms with Gasteiger partial charge in [0.25, 0.3) is 0 Å². The molecule has 0 N–H and O–H groups in total. The molecule has 1 saturated carbocycles. The quantitative estimate of drug-likeness (QED) is 0.713. The second kappa shape index (κ2) is 3.11. The van der Waals surface area contributed by atoms with Crippen LogP contribution in [0.15, 0.2) is 42.5 Å². The van der Waals surface area contributed by atoms with Crippen LogP contribution in [0.5, 0.6) is 0 Å². The van der Waals surface area contributed by atoms with Gasteiger partial charge in [0.05, 0.1) is 11.5 Å². The molecule has 0 bridgehead atoms. The summed E-state index contributed by atoms with van der Waals surface area (Å²) in [5.41, 5.74) is 1.02. The van der Waals surface area contributed by atoms with Gasteiger partial charge < -0.3 is 0 Å². The van der Waals surface area contributed by atoms with Gasteiger partial charge in [0.15, 0.2) is 0 Å². The van der Waals surface area contributed by atoms with Crippen molar-refractivity contribution in [3.05, 3.63) is 48.0 Å². The van der Waals surface area contributed by atoms with Crippen molar-refractivity contribution in [3.63, 3.8) is 0 Å². The Morgan fingerprint density at radius 2 is 1.71 bits per heavy atom. The molecule has 0 saturated heterocycles. The van der Waals surface area contributed by atoms with Gasteiger partial charge in [-0.2, -0.15) is 5.26 Å². The van der Waals surface area contributed by atoms with Crippen LogP contribution in [0, 0.1) is 16.7 Å². The van der Waals surface area contributed by atoms with Gasteiger partial charge in [-0.1, -0.05) is 50.2 Å². The number of benzene rings is 2. The highest BCUT2D eigenvalue weighted by atomic mass is 14.6. The molecule has 0 aromatic heterocycles. The van der Waals surface area contributed by atoms with Crippen LogP contribution in [-0.4, -0.2) is 0 Å². The van der Waals surface area contributed by atoms with E-state index in [-0.39, 0.29) is 10.8 Å². The number of fused-ring (bicyclic) bond motifs is 1. The van der Waals surface area contributed by atoms with Gasteiger partial charge >= 0.3 is 0 Å². The maximum absolute atomic E-state index is 9.47. The van der Waals surface area contributed by atoms with Crippen LogP contribution in [-0.2, 0) is 5.41 Å². The zero-order valence-corrected chi connectivity index (χ0v) is 10.2. The van der Waals surface area contributed by atoms with E-state index in [1.807, 2.05) is 12.1 Å². The minimum atomic E-state index is -0.267. The van der Waals surface area contributed by atoms with E-state index in [4.69, 9.17) is 0 Å². The number of rotatable bonds is 1. The Labute approximate surface area is 102 Å². The third-order valence-electron chi connectivity index (χ3n) is 4.17. The average Bonchev–Trinajstić information content (AvgIpc) is 2.92. The van der Waals surface area contributed by atoms with Gasteiger partial charge in [0.2, 0.25) is 0 Å². The van der Waals surface area contributed by atoms with E-state index in [2.05, 4.69) is 50.2 Å². The zero-order valence-electron chi connectivity index (χ0n) is 10.2. The minimum absolute atomic E-state index is 0.115. The highest BCUT2D eigenvalue weighted by Crippen LogP contribution is 2.64. The smallest absolute Gasteiger partial charge is 0.0879 e. The summed E-state index contributed by atoms with van der Waals surface area (Å²) in [5, 5.41) is 11.9. The van der Waals surface area contributed by atoms with Crippen molar-refractivity contribution in [3.8, 4) is 6.07 Å². The SMILES string of the molecule is CC1(C)CC1(C#N)c1ccc2ccccc2c1. The van der Waals surface area contributed by atoms with Gasteiger partial charge in [-0.15, -0.1) is 0 Å². The van der Waals surface area contributed by atoms with E-state index in [0.29, 0.717) is 0 Å². The molecule has 1 aliphatic rings. The van der Waals surface area contributed by atoms with Crippen molar-refractivity contribution in [1.82, 2.24) is 0 Å². The number of hydrogen-bond donors (Lipinski definition) is 0. The molecule has 0 spiro atoms. The Kier molecular flexibility index (Phi) is 1.89. The molecular formula is C16H15N. The fraction of sp³-hybridized carbons (Fsp3) is 0.312. The molecule has 0 amide bonds. The fourth-order valence-corrected chi connectivity index (χ4v) is 2.82. The lowest BCUT2D eigenvalue weighted by atomic mass is 9.88. The van der Waals surface area contributed by atoms with Gasteiger partial charge in [0, 0.05) is 0 Å². The predicted octanol–water partition coefficient (Wildman–Crippen LogP) is 4.03. The summed E-state index contributed by atoms with van der Waals surface area (Å²) in [6, 6.07) is 17.2. The lowest BCUT2D eigenvalue weighted by Gasteiger charge is -2.13. The van der Waals surface area contributed by atoms with Gasteiger partial charge in [0.1, 0.15) is 0 Å². The van der Waals surface area contributed by atoms with Crippen molar-refractivity contribution in [2.75, 3.05) is 0 Å². The Hall–Kier alpha value is -1.81. The van der Waals surface area contributed by atoms with E-state index in [1.165, 1.54) is 16.3 Å². The van der Waals surface area contributed by atoms with Crippen LogP contribution < -0.4 is 0 Å². The topological polar surface area (TPSA) is 23.8 Å². The highest BCUT2D eigenvalue weighted by Gasteiger charge is 2.63. The molecule has 1 fully saturated rings. The average molecular weight is 221 g/mol. The predicted molar refractivity (Wildman–Crippen MR) is 69.6 cm³/mol. The molecule has 0 heterocycles. The molecule has 0 radical (unpaired) electrons. The molecule has 1 unspecified atom stereocenters. The second-order valence-corrected chi connectivity index (χ2v) is 5.64. The third-order valence-corrected chi connectivity index (χ3v) is 4.17. The maximum Gasteiger partial charge on any atom is 0.0879 e. The summed E-state index contributed by atoms with van der Waals surface area (Å²) in [4.78, 5) is 0. The minimum Gasteiger partial charge on any atom is -0.197 e. The Morgan fingerprint density at radius 1 is 1.06 bits per heavy atom. The summed E-state index contributed by atoms with van der Waals surface area (Å²) < 4.78 is 0. The molecule has 2 aromatic rings. The van der Waals surface area contributed by atoms with Crippen LogP contribution >= 0.6 is 0 Å². The first-order valence-corrected chi connectivity index (χ1v) is 6.00. The number of nitrogens with zero attached hydrogens (tertiary/aromatic N) is 1. The van der Waals surface area contributed by atoms with Crippen LogP contribution in [0.25, 0.3) is 10.8 Å². The van der Waals surface area contributed by atoms with Gasteiger partial charge in [-0.25, -0.2) is 0 Å². The first kappa shape index (κ1) is 10.4. The summed E-state index contributed by atoms with van der Waals surface area (Å²) >= 11 is 0. The van der Waals surface area contributed by atoms with Crippen LogP contribution in [0.3, 0.4) is 0 Å². The van der Waals surface area contributed by atoms with Crippen LogP contribution in [0.4, 0.5) is 0 Å². The lowest BCUT2D eigenvalue weighted by molar-refractivity contribution is 0.570. The molecule has 0 aliphatic heterocycles. The lowest BCUT2D eigenvalue weighted by Crippen LogP contribution is -2.11. The Balaban J connectivity index is 2.17. The van der Waals surface area contributed by atoms with E-state index in [1.54, 1.807) is 0 Å². The van der Waals surface area contributed by atoms with Crippen LogP contribution in [0.1, 0.15) is 25.8 Å². The van der Waals surface area contributed by atoms with Crippen molar-refractivity contribution in [1.29, 1.82) is 5.26 Å². The van der Waals surface area contributed by atoms with E-state index in [9.17, 15) is 5.26 Å². The molecule has 1 aliphatic carbocycles. The molecule has 1 nitrogen and oxygen atoms in total. The Bertz CT molecular complexity index is 633. The van der Waals surface area contributed by atoms with Crippen molar-refractivity contribution < 1.29 is 0 Å². The zero-order chi connectivity index (χ0) is 12.1. The standard InChI is InChI=1S/C16H15N/c1-15(2)10-16(15,11-17)14-8-7-12-5-3-4-6-13(12)9-14/h3-9H,10H2,1-2H3. The molecule has 17 heavy (non-hydrogen) atoms. The largest absolute Gasteiger partial charge is 0.197 e. The van der Waals surface area contributed by atoms with Crippen LogP contribution in [0.2, 0.25) is 0 Å². The highest BCUT2D eigenvalue weighted by molar-refractivity contribution is 5.83. The van der Waals surface area contributed by atoms with Crippen molar-refractivity contribution >= 4 is 10.8 Å². The van der Waals surface area contributed by atoms with Gasteiger partial charge in [-0.3, -0.25) is 0 Å². The molecular weight excluding hydrogens is 206 g/mol. The summed E-state index contributed by atoms with van der Waals surface area (Å²) in [5.74, 6) is 0. The summed E-state index contributed by atoms with van der Waals surface area (Å²) in [6.45, 7) is 4.34. The fourth-order valence-electron chi connectivity index (χ4n) is 2.82. The first-order valence-electron chi connectivity index (χ1n) is 6.00. The summed E-state index contributed by atoms with van der Waals surface area (Å²) in [6.07, 6.45) is 0.967. The van der Waals surface area contributed by atoms with E-state index in [0.717, 1.165) is 6.42 Å². The summed E-state index contributed by atoms with van der Waals surface area (Å²) in [7, 11) is 0. The molecule has 1 atom stereocenters. The first-order chi connectivity index (χ1) is 8.09. The van der Waals surface area contributed by atoms with E-state index < -0.39 is 0 Å². The number of hydrogen-bond acceptors (Lipinski definition) is 1.